The van der Waals surface area contributed by atoms with Crippen LogP contribution in [0.5, 0.6) is 0 Å². The van der Waals surface area contributed by atoms with Crippen LogP contribution in [0.15, 0.2) is 18.2 Å². The van der Waals surface area contributed by atoms with E-state index in [4.69, 9.17) is 9.84 Å². The molecule has 1 saturated heterocycles. The van der Waals surface area contributed by atoms with E-state index in [1.165, 1.54) is 18.2 Å². The average Bonchev–Trinajstić information content (AvgIpc) is 3.00. The lowest BCUT2D eigenvalue weighted by atomic mass is 10.1. The molecule has 0 aliphatic carbocycles. The van der Waals surface area contributed by atoms with E-state index in [1.54, 1.807) is 0 Å². The first-order valence-electron chi connectivity index (χ1n) is 6.96. The normalized spacial score (nSPS) is 17.1. The predicted octanol–water partition coefficient (Wildman–Crippen LogP) is 1.33. The van der Waals surface area contributed by atoms with Gasteiger partial charge < -0.3 is 15.2 Å². The molecular weight excluding hydrogens is 273 g/mol. The number of ether oxygens (including phenoxy) is 1. The van der Waals surface area contributed by atoms with Crippen LogP contribution in [0.2, 0.25) is 0 Å². The summed E-state index contributed by atoms with van der Waals surface area (Å²) in [6.45, 7) is 1.83. The Kier molecular flexibility index (Phi) is 5.73. The first-order valence-corrected chi connectivity index (χ1v) is 6.96. The molecule has 2 N–H and O–H groups in total. The van der Waals surface area contributed by atoms with Gasteiger partial charge in [0.05, 0.1) is 18.8 Å². The summed E-state index contributed by atoms with van der Waals surface area (Å²) in [6.07, 6.45) is 1.24. The van der Waals surface area contributed by atoms with Crippen LogP contribution in [0.25, 0.3) is 0 Å². The Morgan fingerprint density at radius 2 is 2.38 bits per heavy atom. The fraction of sp³-hybridized carbons (Fsp3) is 0.438. The standard InChI is InChI=1S/C16H18FNO3/c17-14-5-4-13(3-1-2-7-19)15(9-14)16(20)18-10-12-6-8-21-11-12/h4-5,9,12,19H,2,6-8,10-11H2,(H,18,20). The van der Waals surface area contributed by atoms with Crippen molar-refractivity contribution < 1.29 is 19.0 Å². The first-order chi connectivity index (χ1) is 10.2. The number of aliphatic hydroxyl groups excluding tert-OH is 1. The summed E-state index contributed by atoms with van der Waals surface area (Å²) in [5.41, 5.74) is 0.685. The summed E-state index contributed by atoms with van der Waals surface area (Å²) in [7, 11) is 0. The summed E-state index contributed by atoms with van der Waals surface area (Å²) >= 11 is 0. The van der Waals surface area contributed by atoms with Gasteiger partial charge in [-0.05, 0) is 24.6 Å². The van der Waals surface area contributed by atoms with E-state index in [-0.39, 0.29) is 18.1 Å². The van der Waals surface area contributed by atoms with Crippen molar-refractivity contribution >= 4 is 5.91 Å². The minimum Gasteiger partial charge on any atom is -0.395 e. The number of hydrogen-bond acceptors (Lipinski definition) is 3. The molecule has 0 saturated carbocycles. The van der Waals surface area contributed by atoms with Crippen molar-refractivity contribution in [1.29, 1.82) is 0 Å². The van der Waals surface area contributed by atoms with Crippen LogP contribution in [0.3, 0.4) is 0 Å². The van der Waals surface area contributed by atoms with Crippen LogP contribution in [0, 0.1) is 23.6 Å². The van der Waals surface area contributed by atoms with Crippen LogP contribution in [-0.2, 0) is 4.74 Å². The number of nitrogens with one attached hydrogen (secondary N) is 1. The number of aliphatic hydroxyl groups is 1. The van der Waals surface area contributed by atoms with E-state index in [1.807, 2.05) is 0 Å². The molecule has 1 atom stereocenters. The number of rotatable bonds is 4. The van der Waals surface area contributed by atoms with Gasteiger partial charge in [0, 0.05) is 31.1 Å². The smallest absolute Gasteiger partial charge is 0.252 e. The number of halogens is 1. The molecule has 1 aliphatic rings. The fourth-order valence-corrected chi connectivity index (χ4v) is 2.10. The molecule has 1 aromatic carbocycles. The van der Waals surface area contributed by atoms with E-state index in [0.717, 1.165) is 13.0 Å². The molecule has 0 radical (unpaired) electrons. The third-order valence-corrected chi connectivity index (χ3v) is 3.26. The molecule has 0 aromatic heterocycles. The molecule has 0 spiro atoms. The molecular formula is C16H18FNO3. The zero-order chi connectivity index (χ0) is 15.1. The van der Waals surface area contributed by atoms with Crippen LogP contribution in [-0.4, -0.2) is 37.4 Å². The van der Waals surface area contributed by atoms with Gasteiger partial charge in [-0.15, -0.1) is 0 Å². The number of hydrogen-bond donors (Lipinski definition) is 2. The highest BCUT2D eigenvalue weighted by Crippen LogP contribution is 2.13. The molecule has 112 valence electrons. The number of carbonyl (C=O) groups is 1. The SMILES string of the molecule is O=C(NCC1CCOC1)c1cc(F)ccc1C#CCCO. The Balaban J connectivity index is 2.07. The monoisotopic (exact) mass is 291 g/mol. The molecule has 1 aliphatic heterocycles. The summed E-state index contributed by atoms with van der Waals surface area (Å²) in [5.74, 6) is 5.03. The quantitative estimate of drug-likeness (QED) is 0.823. The van der Waals surface area contributed by atoms with Crippen LogP contribution in [0.4, 0.5) is 4.39 Å². The summed E-state index contributed by atoms with van der Waals surface area (Å²) in [4.78, 5) is 12.2. The van der Waals surface area contributed by atoms with Crippen molar-refractivity contribution in [3.63, 3.8) is 0 Å². The van der Waals surface area contributed by atoms with Crippen LogP contribution in [0.1, 0.15) is 28.8 Å². The Morgan fingerprint density at radius 1 is 1.52 bits per heavy atom. The third-order valence-electron chi connectivity index (χ3n) is 3.26. The first kappa shape index (κ1) is 15.5. The van der Waals surface area contributed by atoms with Crippen molar-refractivity contribution in [1.82, 2.24) is 5.32 Å². The van der Waals surface area contributed by atoms with Crippen molar-refractivity contribution in [2.45, 2.75) is 12.8 Å². The number of benzene rings is 1. The maximum absolute atomic E-state index is 13.3. The van der Waals surface area contributed by atoms with Gasteiger partial charge in [-0.25, -0.2) is 4.39 Å². The second-order valence-electron chi connectivity index (χ2n) is 4.90. The zero-order valence-corrected chi connectivity index (χ0v) is 11.7. The highest BCUT2D eigenvalue weighted by atomic mass is 19.1. The van der Waals surface area contributed by atoms with Crippen LogP contribution < -0.4 is 5.32 Å². The fourth-order valence-electron chi connectivity index (χ4n) is 2.10. The number of carbonyl (C=O) groups excluding carboxylic acids is 1. The average molecular weight is 291 g/mol. The second kappa shape index (κ2) is 7.77. The van der Waals surface area contributed by atoms with Gasteiger partial charge in [-0.3, -0.25) is 4.79 Å². The minimum absolute atomic E-state index is 0.0442. The topological polar surface area (TPSA) is 58.6 Å². The maximum Gasteiger partial charge on any atom is 0.252 e. The molecule has 1 unspecified atom stereocenters. The van der Waals surface area contributed by atoms with Crippen molar-refractivity contribution in [3.8, 4) is 11.8 Å². The highest BCUT2D eigenvalue weighted by molar-refractivity contribution is 5.96. The molecule has 1 aromatic rings. The van der Waals surface area contributed by atoms with Crippen molar-refractivity contribution in [3.05, 3.63) is 35.1 Å². The lowest BCUT2D eigenvalue weighted by Gasteiger charge is -2.10. The Morgan fingerprint density at radius 3 is 3.10 bits per heavy atom. The van der Waals surface area contributed by atoms with Crippen molar-refractivity contribution in [2.24, 2.45) is 5.92 Å². The van der Waals surface area contributed by atoms with E-state index >= 15 is 0 Å². The zero-order valence-electron chi connectivity index (χ0n) is 11.7. The van der Waals surface area contributed by atoms with E-state index in [9.17, 15) is 9.18 Å². The third kappa shape index (κ3) is 4.55. The molecule has 1 heterocycles. The number of amides is 1. The van der Waals surface area contributed by atoms with Crippen LogP contribution >= 0.6 is 0 Å². The molecule has 1 amide bonds. The lowest BCUT2D eigenvalue weighted by molar-refractivity contribution is 0.0944. The van der Waals surface area contributed by atoms with Gasteiger partial charge in [0.25, 0.3) is 5.91 Å². The summed E-state index contributed by atoms with van der Waals surface area (Å²) in [6, 6.07) is 3.93. The van der Waals surface area contributed by atoms with Gasteiger partial charge in [0.1, 0.15) is 5.82 Å². The van der Waals surface area contributed by atoms with E-state index < -0.39 is 5.82 Å². The van der Waals surface area contributed by atoms with E-state index in [0.29, 0.717) is 31.1 Å². The second-order valence-corrected chi connectivity index (χ2v) is 4.90. The summed E-state index contributed by atoms with van der Waals surface area (Å²) in [5, 5.41) is 11.5. The van der Waals surface area contributed by atoms with Gasteiger partial charge in [0.15, 0.2) is 0 Å². The molecule has 0 bridgehead atoms. The Hall–Kier alpha value is -1.90. The summed E-state index contributed by atoms with van der Waals surface area (Å²) < 4.78 is 18.6. The van der Waals surface area contributed by atoms with Crippen molar-refractivity contribution in [2.75, 3.05) is 26.4 Å². The minimum atomic E-state index is -0.475. The molecule has 4 nitrogen and oxygen atoms in total. The largest absolute Gasteiger partial charge is 0.395 e. The maximum atomic E-state index is 13.3. The van der Waals surface area contributed by atoms with E-state index in [2.05, 4.69) is 17.2 Å². The Labute approximate surface area is 123 Å². The Bertz CT molecular complexity index is 556. The predicted molar refractivity (Wildman–Crippen MR) is 76.2 cm³/mol. The molecule has 5 heteroatoms. The van der Waals surface area contributed by atoms with Gasteiger partial charge in [0.2, 0.25) is 0 Å². The van der Waals surface area contributed by atoms with Gasteiger partial charge in [-0.2, -0.15) is 0 Å². The molecule has 1 fully saturated rings. The molecule has 2 rings (SSSR count). The lowest BCUT2D eigenvalue weighted by Crippen LogP contribution is -2.30. The van der Waals surface area contributed by atoms with Gasteiger partial charge in [-0.1, -0.05) is 11.8 Å². The molecule has 21 heavy (non-hydrogen) atoms. The highest BCUT2D eigenvalue weighted by Gasteiger charge is 2.18. The van der Waals surface area contributed by atoms with Gasteiger partial charge >= 0.3 is 0 Å².